The Morgan fingerprint density at radius 3 is 2.42 bits per heavy atom. The zero-order valence-corrected chi connectivity index (χ0v) is 16.5. The van der Waals surface area contributed by atoms with Crippen LogP contribution in [0.15, 0.2) is 27.1 Å². The molecular weight excluding hydrogens is 400 g/mol. The Labute approximate surface area is 160 Å². The Morgan fingerprint density at radius 2 is 1.77 bits per heavy atom. The van der Waals surface area contributed by atoms with Crippen molar-refractivity contribution in [3.63, 3.8) is 0 Å². The number of halogens is 1. The number of rotatable bonds is 3. The summed E-state index contributed by atoms with van der Waals surface area (Å²) in [4.78, 5) is 16.9. The average molecular weight is 421 g/mol. The molecule has 2 aliphatic heterocycles. The summed E-state index contributed by atoms with van der Waals surface area (Å²) in [7, 11) is 0. The van der Waals surface area contributed by atoms with Gasteiger partial charge in [-0.15, -0.1) is 0 Å². The lowest BCUT2D eigenvalue weighted by Crippen LogP contribution is -2.48. The maximum atomic E-state index is 12.7. The van der Waals surface area contributed by atoms with Gasteiger partial charge in [0, 0.05) is 37.2 Å². The van der Waals surface area contributed by atoms with Crippen LogP contribution in [-0.2, 0) is 6.54 Å². The molecule has 26 heavy (non-hydrogen) atoms. The Balaban J connectivity index is 1.38. The molecule has 1 amide bonds. The van der Waals surface area contributed by atoms with E-state index in [1.54, 1.807) is 0 Å². The number of aryl methyl sites for hydroxylation is 2. The Hall–Kier alpha value is -1.99. The molecule has 4 rings (SSSR count). The van der Waals surface area contributed by atoms with Gasteiger partial charge in [-0.1, -0.05) is 15.9 Å². The molecule has 1 aromatic carbocycles. The highest BCUT2D eigenvalue weighted by molar-refractivity contribution is 9.10. The second-order valence-electron chi connectivity index (χ2n) is 6.69. The number of benzene rings is 1. The Bertz CT molecular complexity index is 840. The molecule has 1 saturated heterocycles. The number of amides is 1. The number of fused-ring (bicyclic) bond motifs is 1. The van der Waals surface area contributed by atoms with Crippen molar-refractivity contribution in [2.75, 3.05) is 33.0 Å². The third-order valence-electron chi connectivity index (χ3n) is 4.87. The lowest BCUT2D eigenvalue weighted by Gasteiger charge is -2.34. The number of carbonyl (C=O) groups is 1. The van der Waals surface area contributed by atoms with Gasteiger partial charge in [0.25, 0.3) is 5.91 Å². The topological polar surface area (TPSA) is 55.2 Å². The molecule has 6 nitrogen and oxygen atoms in total. The van der Waals surface area contributed by atoms with Gasteiger partial charge in [-0.25, -0.2) is 0 Å². The van der Waals surface area contributed by atoms with Crippen molar-refractivity contribution < 1.29 is 18.7 Å². The fraction of sp³-hybridized carbons (Fsp3) is 0.421. The van der Waals surface area contributed by atoms with E-state index < -0.39 is 0 Å². The van der Waals surface area contributed by atoms with Gasteiger partial charge in [-0.3, -0.25) is 9.69 Å². The number of hydrogen-bond acceptors (Lipinski definition) is 5. The number of hydrogen-bond donors (Lipinski definition) is 0. The number of nitrogens with zero attached hydrogens (tertiary/aromatic N) is 2. The van der Waals surface area contributed by atoms with Gasteiger partial charge >= 0.3 is 0 Å². The standard InChI is InChI=1S/C19H21BrN2O4/c1-12-7-15(13(2)26-12)19(23)22-5-3-21(4-6-22)10-14-8-17-18(9-16(14)20)25-11-24-17/h7-9H,3-6,10-11H2,1-2H3. The van der Waals surface area contributed by atoms with Crippen molar-refractivity contribution in [2.45, 2.75) is 20.4 Å². The molecule has 0 spiro atoms. The summed E-state index contributed by atoms with van der Waals surface area (Å²) < 4.78 is 17.4. The highest BCUT2D eigenvalue weighted by Crippen LogP contribution is 2.37. The molecule has 2 aliphatic rings. The van der Waals surface area contributed by atoms with E-state index >= 15 is 0 Å². The lowest BCUT2D eigenvalue weighted by molar-refractivity contribution is 0.0626. The number of piperazine rings is 1. The van der Waals surface area contributed by atoms with Gasteiger partial charge < -0.3 is 18.8 Å². The summed E-state index contributed by atoms with van der Waals surface area (Å²) in [6, 6.07) is 5.82. The van der Waals surface area contributed by atoms with Crippen LogP contribution in [-0.4, -0.2) is 48.7 Å². The van der Waals surface area contributed by atoms with Crippen LogP contribution in [0.1, 0.15) is 27.4 Å². The lowest BCUT2D eigenvalue weighted by atomic mass is 10.1. The van der Waals surface area contributed by atoms with Crippen LogP contribution >= 0.6 is 15.9 Å². The van der Waals surface area contributed by atoms with Gasteiger partial charge in [-0.05, 0) is 37.6 Å². The molecule has 138 valence electrons. The van der Waals surface area contributed by atoms with E-state index in [9.17, 15) is 4.79 Å². The van der Waals surface area contributed by atoms with E-state index in [0.29, 0.717) is 24.4 Å². The molecule has 0 unspecified atom stereocenters. The highest BCUT2D eigenvalue weighted by Gasteiger charge is 2.25. The maximum absolute atomic E-state index is 12.7. The van der Waals surface area contributed by atoms with Crippen LogP contribution < -0.4 is 9.47 Å². The average Bonchev–Trinajstić information content (AvgIpc) is 3.20. The van der Waals surface area contributed by atoms with E-state index in [1.165, 1.54) is 0 Å². The van der Waals surface area contributed by atoms with Crippen molar-refractivity contribution >= 4 is 21.8 Å². The Kier molecular flexibility index (Phi) is 4.67. The van der Waals surface area contributed by atoms with E-state index in [1.807, 2.05) is 36.9 Å². The minimum absolute atomic E-state index is 0.0586. The normalized spacial score (nSPS) is 17.0. The predicted octanol–water partition coefficient (Wildman–Crippen LogP) is 3.35. The fourth-order valence-corrected chi connectivity index (χ4v) is 3.89. The van der Waals surface area contributed by atoms with Crippen molar-refractivity contribution in [2.24, 2.45) is 0 Å². The van der Waals surface area contributed by atoms with E-state index in [0.717, 1.165) is 46.9 Å². The third-order valence-corrected chi connectivity index (χ3v) is 5.60. The zero-order valence-electron chi connectivity index (χ0n) is 14.9. The minimum Gasteiger partial charge on any atom is -0.466 e. The van der Waals surface area contributed by atoms with Gasteiger partial charge in [0.1, 0.15) is 11.5 Å². The molecule has 1 fully saturated rings. The summed E-state index contributed by atoms with van der Waals surface area (Å²) in [5, 5.41) is 0. The molecule has 0 saturated carbocycles. The van der Waals surface area contributed by atoms with Crippen molar-refractivity contribution in [3.05, 3.63) is 45.3 Å². The molecule has 2 aromatic rings. The first-order valence-corrected chi connectivity index (χ1v) is 9.47. The number of carbonyl (C=O) groups excluding carboxylic acids is 1. The predicted molar refractivity (Wildman–Crippen MR) is 99.6 cm³/mol. The van der Waals surface area contributed by atoms with Crippen molar-refractivity contribution in [3.8, 4) is 11.5 Å². The fourth-order valence-electron chi connectivity index (χ4n) is 3.44. The monoisotopic (exact) mass is 420 g/mol. The summed E-state index contributed by atoms with van der Waals surface area (Å²) >= 11 is 3.62. The summed E-state index contributed by atoms with van der Waals surface area (Å²) in [5.74, 6) is 3.10. The molecule has 0 radical (unpaired) electrons. The van der Waals surface area contributed by atoms with Crippen molar-refractivity contribution in [1.29, 1.82) is 0 Å². The molecule has 7 heteroatoms. The molecule has 3 heterocycles. The van der Waals surface area contributed by atoms with E-state index in [-0.39, 0.29) is 12.7 Å². The van der Waals surface area contributed by atoms with Crippen LogP contribution in [0.4, 0.5) is 0 Å². The molecule has 1 aromatic heterocycles. The van der Waals surface area contributed by atoms with Gasteiger partial charge in [0.05, 0.1) is 5.56 Å². The minimum atomic E-state index is 0.0586. The largest absolute Gasteiger partial charge is 0.466 e. The second kappa shape index (κ2) is 6.96. The van der Waals surface area contributed by atoms with Crippen LogP contribution in [0.5, 0.6) is 11.5 Å². The summed E-state index contributed by atoms with van der Waals surface area (Å²) in [6.07, 6.45) is 0. The van der Waals surface area contributed by atoms with Gasteiger partial charge in [0.15, 0.2) is 11.5 Å². The Morgan fingerprint density at radius 1 is 1.08 bits per heavy atom. The second-order valence-corrected chi connectivity index (χ2v) is 7.55. The van der Waals surface area contributed by atoms with Crippen LogP contribution in [0, 0.1) is 13.8 Å². The van der Waals surface area contributed by atoms with Crippen molar-refractivity contribution in [1.82, 2.24) is 9.80 Å². The number of furan rings is 1. The van der Waals surface area contributed by atoms with Gasteiger partial charge in [-0.2, -0.15) is 0 Å². The number of ether oxygens (including phenoxy) is 2. The van der Waals surface area contributed by atoms with Gasteiger partial charge in [0.2, 0.25) is 6.79 Å². The molecule has 0 atom stereocenters. The molecule has 0 aliphatic carbocycles. The first-order valence-electron chi connectivity index (χ1n) is 8.68. The molecule has 0 bridgehead atoms. The van der Waals surface area contributed by atoms with E-state index in [4.69, 9.17) is 13.9 Å². The summed E-state index contributed by atoms with van der Waals surface area (Å²) in [5.41, 5.74) is 1.84. The van der Waals surface area contributed by atoms with Crippen LogP contribution in [0.25, 0.3) is 0 Å². The van der Waals surface area contributed by atoms with E-state index in [2.05, 4.69) is 20.8 Å². The first-order chi connectivity index (χ1) is 12.5. The zero-order chi connectivity index (χ0) is 18.3. The smallest absolute Gasteiger partial charge is 0.257 e. The SMILES string of the molecule is Cc1cc(C(=O)N2CCN(Cc3cc4c(cc3Br)OCO4)CC2)c(C)o1. The molecule has 0 N–H and O–H groups in total. The molecular formula is C19H21BrN2O4. The quantitative estimate of drug-likeness (QED) is 0.761. The highest BCUT2D eigenvalue weighted by atomic mass is 79.9. The summed E-state index contributed by atoms with van der Waals surface area (Å²) in [6.45, 7) is 7.89. The maximum Gasteiger partial charge on any atom is 0.257 e. The van der Waals surface area contributed by atoms with Crippen LogP contribution in [0.3, 0.4) is 0 Å². The first kappa shape index (κ1) is 17.4. The third kappa shape index (κ3) is 3.33. The van der Waals surface area contributed by atoms with Crippen LogP contribution in [0.2, 0.25) is 0 Å².